The van der Waals surface area contributed by atoms with Crippen molar-refractivity contribution in [2.24, 2.45) is 0 Å². The number of aryl methyl sites for hydroxylation is 1. The predicted octanol–water partition coefficient (Wildman–Crippen LogP) is 2.56. The first-order valence-corrected chi connectivity index (χ1v) is 7.07. The number of hydrogen-bond acceptors (Lipinski definition) is 6. The van der Waals surface area contributed by atoms with E-state index >= 15 is 0 Å². The molecule has 6 nitrogen and oxygen atoms in total. The zero-order chi connectivity index (χ0) is 14.7. The largest absolute Gasteiger partial charge is 0.305 e. The molecule has 104 valence electrons. The Bertz CT molecular complexity index is 772. The molecule has 7 heteroatoms. The van der Waals surface area contributed by atoms with Crippen LogP contribution in [0, 0.1) is 6.92 Å². The molecule has 0 saturated heterocycles. The summed E-state index contributed by atoms with van der Waals surface area (Å²) in [6, 6.07) is 5.44. The van der Waals surface area contributed by atoms with Crippen LogP contribution in [0.3, 0.4) is 0 Å². The second-order valence-corrected chi connectivity index (χ2v) is 5.10. The topological polar surface area (TPSA) is 80.7 Å². The number of carbonyl (C=O) groups excluding carboxylic acids is 1. The SMILES string of the molecule is Cc1cccc(NC(=O)c2csc(-c3cnccn3)n2)n1. The third-order valence-corrected chi connectivity index (χ3v) is 3.51. The molecule has 0 aromatic carbocycles. The molecule has 3 aromatic heterocycles. The standard InChI is InChI=1S/C14H11N5OS/c1-9-3-2-4-12(17-9)19-13(20)11-8-21-14(18-11)10-7-15-5-6-16-10/h2-8H,1H3,(H,17,19,20). The number of hydrogen-bond donors (Lipinski definition) is 1. The number of rotatable bonds is 3. The van der Waals surface area contributed by atoms with Crippen molar-refractivity contribution in [3.63, 3.8) is 0 Å². The third-order valence-electron chi connectivity index (χ3n) is 2.65. The maximum absolute atomic E-state index is 12.1. The summed E-state index contributed by atoms with van der Waals surface area (Å²) in [6.45, 7) is 1.87. The van der Waals surface area contributed by atoms with Gasteiger partial charge in [0.2, 0.25) is 0 Å². The average molecular weight is 297 g/mol. The lowest BCUT2D eigenvalue weighted by molar-refractivity contribution is 0.102. The Labute approximate surface area is 125 Å². The van der Waals surface area contributed by atoms with Gasteiger partial charge in [-0.05, 0) is 19.1 Å². The maximum atomic E-state index is 12.1. The molecule has 1 N–H and O–H groups in total. The van der Waals surface area contributed by atoms with E-state index in [1.807, 2.05) is 19.1 Å². The van der Waals surface area contributed by atoms with Crippen molar-refractivity contribution < 1.29 is 4.79 Å². The van der Waals surface area contributed by atoms with E-state index in [4.69, 9.17) is 0 Å². The van der Waals surface area contributed by atoms with Crippen LogP contribution in [0.25, 0.3) is 10.7 Å². The number of amides is 1. The Balaban J connectivity index is 1.78. The number of thiazole rings is 1. The molecule has 0 radical (unpaired) electrons. The van der Waals surface area contributed by atoms with Crippen LogP contribution in [-0.4, -0.2) is 25.8 Å². The zero-order valence-electron chi connectivity index (χ0n) is 11.1. The molecule has 3 heterocycles. The highest BCUT2D eigenvalue weighted by atomic mass is 32.1. The van der Waals surface area contributed by atoms with Crippen LogP contribution in [-0.2, 0) is 0 Å². The first-order chi connectivity index (χ1) is 10.2. The molecule has 3 aromatic rings. The van der Waals surface area contributed by atoms with E-state index in [9.17, 15) is 4.79 Å². The molecule has 0 bridgehead atoms. The quantitative estimate of drug-likeness (QED) is 0.803. The summed E-state index contributed by atoms with van der Waals surface area (Å²) >= 11 is 1.35. The first-order valence-electron chi connectivity index (χ1n) is 6.19. The van der Waals surface area contributed by atoms with Gasteiger partial charge >= 0.3 is 0 Å². The molecule has 0 aliphatic rings. The lowest BCUT2D eigenvalue weighted by Gasteiger charge is -2.02. The number of carbonyl (C=O) groups is 1. The van der Waals surface area contributed by atoms with Crippen LogP contribution in [0.2, 0.25) is 0 Å². The van der Waals surface area contributed by atoms with Crippen molar-refractivity contribution in [2.75, 3.05) is 5.32 Å². The summed E-state index contributed by atoms with van der Waals surface area (Å²) < 4.78 is 0. The summed E-state index contributed by atoms with van der Waals surface area (Å²) in [7, 11) is 0. The Morgan fingerprint density at radius 3 is 2.90 bits per heavy atom. The number of nitrogens with one attached hydrogen (secondary N) is 1. The van der Waals surface area contributed by atoms with Gasteiger partial charge in [0, 0.05) is 23.5 Å². The van der Waals surface area contributed by atoms with Gasteiger partial charge in [-0.25, -0.2) is 9.97 Å². The number of pyridine rings is 1. The molecule has 0 atom stereocenters. The van der Waals surface area contributed by atoms with Crippen molar-refractivity contribution in [3.8, 4) is 10.7 Å². The molecule has 0 fully saturated rings. The van der Waals surface area contributed by atoms with E-state index < -0.39 is 0 Å². The highest BCUT2D eigenvalue weighted by Crippen LogP contribution is 2.21. The summed E-state index contributed by atoms with van der Waals surface area (Å²) in [5, 5.41) is 5.07. The smallest absolute Gasteiger partial charge is 0.276 e. The van der Waals surface area contributed by atoms with Gasteiger partial charge in [0.15, 0.2) is 0 Å². The van der Waals surface area contributed by atoms with Gasteiger partial charge in [0.25, 0.3) is 5.91 Å². The van der Waals surface area contributed by atoms with Crippen LogP contribution in [0.15, 0.2) is 42.2 Å². The summed E-state index contributed by atoms with van der Waals surface area (Å²) in [6.07, 6.45) is 4.80. The monoisotopic (exact) mass is 297 g/mol. The van der Waals surface area contributed by atoms with Crippen molar-refractivity contribution in [3.05, 3.63) is 53.6 Å². The minimum Gasteiger partial charge on any atom is -0.305 e. The van der Waals surface area contributed by atoms with Crippen molar-refractivity contribution in [1.82, 2.24) is 19.9 Å². The molecule has 21 heavy (non-hydrogen) atoms. The van der Waals surface area contributed by atoms with Gasteiger partial charge < -0.3 is 5.32 Å². The second kappa shape index (κ2) is 5.76. The summed E-state index contributed by atoms with van der Waals surface area (Å²) in [5.74, 6) is 0.216. The fraction of sp³-hybridized carbons (Fsp3) is 0.0714. The van der Waals surface area contributed by atoms with Crippen molar-refractivity contribution in [1.29, 1.82) is 0 Å². The van der Waals surface area contributed by atoms with Crippen LogP contribution in [0.5, 0.6) is 0 Å². The lowest BCUT2D eigenvalue weighted by Crippen LogP contribution is -2.13. The highest BCUT2D eigenvalue weighted by Gasteiger charge is 2.13. The van der Waals surface area contributed by atoms with E-state index in [1.165, 1.54) is 11.3 Å². The fourth-order valence-electron chi connectivity index (χ4n) is 1.70. The Morgan fingerprint density at radius 2 is 2.14 bits per heavy atom. The van der Waals surface area contributed by atoms with E-state index in [1.54, 1.807) is 30.0 Å². The Kier molecular flexibility index (Phi) is 3.65. The minimum atomic E-state index is -0.292. The van der Waals surface area contributed by atoms with Gasteiger partial charge in [-0.2, -0.15) is 0 Å². The first kappa shape index (κ1) is 13.3. The fourth-order valence-corrected chi connectivity index (χ4v) is 2.46. The lowest BCUT2D eigenvalue weighted by atomic mass is 10.3. The minimum absolute atomic E-state index is 0.292. The van der Waals surface area contributed by atoms with E-state index in [0.29, 0.717) is 22.2 Å². The Morgan fingerprint density at radius 1 is 1.24 bits per heavy atom. The van der Waals surface area contributed by atoms with Crippen LogP contribution < -0.4 is 5.32 Å². The number of nitrogens with zero attached hydrogens (tertiary/aromatic N) is 4. The highest BCUT2D eigenvalue weighted by molar-refractivity contribution is 7.13. The Hall–Kier alpha value is -2.67. The molecular formula is C14H11N5OS. The van der Waals surface area contributed by atoms with Crippen molar-refractivity contribution >= 4 is 23.1 Å². The zero-order valence-corrected chi connectivity index (χ0v) is 12.0. The normalized spacial score (nSPS) is 10.3. The molecule has 1 amide bonds. The average Bonchev–Trinajstić information content (AvgIpc) is 2.98. The molecule has 0 aliphatic heterocycles. The second-order valence-electron chi connectivity index (χ2n) is 4.25. The van der Waals surface area contributed by atoms with Crippen LogP contribution in [0.1, 0.15) is 16.2 Å². The molecular weight excluding hydrogens is 286 g/mol. The van der Waals surface area contributed by atoms with Gasteiger partial charge in [0.1, 0.15) is 22.2 Å². The maximum Gasteiger partial charge on any atom is 0.276 e. The van der Waals surface area contributed by atoms with E-state index in [2.05, 4.69) is 25.3 Å². The van der Waals surface area contributed by atoms with Crippen LogP contribution >= 0.6 is 11.3 Å². The van der Waals surface area contributed by atoms with Crippen LogP contribution in [0.4, 0.5) is 5.82 Å². The summed E-state index contributed by atoms with van der Waals surface area (Å²) in [5.41, 5.74) is 1.82. The van der Waals surface area contributed by atoms with Gasteiger partial charge in [-0.15, -0.1) is 11.3 Å². The van der Waals surface area contributed by atoms with E-state index in [0.717, 1.165) is 5.69 Å². The van der Waals surface area contributed by atoms with E-state index in [-0.39, 0.29) is 5.91 Å². The van der Waals surface area contributed by atoms with Gasteiger partial charge in [-0.3, -0.25) is 14.8 Å². The molecule has 0 spiro atoms. The molecule has 3 rings (SSSR count). The van der Waals surface area contributed by atoms with Crippen molar-refractivity contribution in [2.45, 2.75) is 6.92 Å². The molecule has 0 saturated carbocycles. The summed E-state index contributed by atoms with van der Waals surface area (Å²) in [4.78, 5) is 28.8. The molecule has 0 aliphatic carbocycles. The third kappa shape index (κ3) is 3.09. The number of aromatic nitrogens is 4. The molecule has 0 unspecified atom stereocenters. The predicted molar refractivity (Wildman–Crippen MR) is 80.1 cm³/mol. The van der Waals surface area contributed by atoms with Gasteiger partial charge in [0.05, 0.1) is 6.20 Å². The number of anilines is 1. The van der Waals surface area contributed by atoms with Gasteiger partial charge in [-0.1, -0.05) is 6.07 Å².